The highest BCUT2D eigenvalue weighted by Crippen LogP contribution is 2.33. The molecule has 0 heterocycles. The van der Waals surface area contributed by atoms with Crippen LogP contribution in [0.4, 0.5) is 5.69 Å². The zero-order valence-electron chi connectivity index (χ0n) is 12.6. The molecule has 3 nitrogen and oxygen atoms in total. The summed E-state index contributed by atoms with van der Waals surface area (Å²) in [6, 6.07) is 10.2. The van der Waals surface area contributed by atoms with Gasteiger partial charge in [-0.25, -0.2) is 0 Å². The highest BCUT2D eigenvalue weighted by atomic mass is 127. The van der Waals surface area contributed by atoms with Gasteiger partial charge in [-0.05, 0) is 65.8 Å². The second-order valence-electron chi connectivity index (χ2n) is 4.79. The molecule has 110 valence electrons. The smallest absolute Gasteiger partial charge is 0.174 e. The predicted octanol–water partition coefficient (Wildman–Crippen LogP) is 4.68. The molecule has 0 fully saturated rings. The van der Waals surface area contributed by atoms with Crippen molar-refractivity contribution in [1.82, 2.24) is 0 Å². The van der Waals surface area contributed by atoms with Gasteiger partial charge in [-0.15, -0.1) is 0 Å². The Balaban J connectivity index is 2.35. The van der Waals surface area contributed by atoms with Crippen LogP contribution < -0.4 is 9.47 Å². The van der Waals surface area contributed by atoms with Crippen LogP contribution in [0.25, 0.3) is 0 Å². The van der Waals surface area contributed by atoms with Crippen LogP contribution in [0.5, 0.6) is 11.5 Å². The topological polar surface area (TPSA) is 30.8 Å². The molecule has 4 heteroatoms. The van der Waals surface area contributed by atoms with Gasteiger partial charge in [-0.2, -0.15) is 0 Å². The Kier molecular flexibility index (Phi) is 5.22. The number of benzene rings is 2. The predicted molar refractivity (Wildman–Crippen MR) is 95.4 cm³/mol. The lowest BCUT2D eigenvalue weighted by molar-refractivity contribution is 0.353. The highest BCUT2D eigenvalue weighted by Gasteiger charge is 2.09. The van der Waals surface area contributed by atoms with Gasteiger partial charge < -0.3 is 9.47 Å². The summed E-state index contributed by atoms with van der Waals surface area (Å²) in [6.45, 7) is 4.15. The van der Waals surface area contributed by atoms with Crippen LogP contribution in [0.3, 0.4) is 0 Å². The van der Waals surface area contributed by atoms with Crippen LogP contribution >= 0.6 is 22.6 Å². The van der Waals surface area contributed by atoms with E-state index in [9.17, 15) is 0 Å². The average Bonchev–Trinajstić information content (AvgIpc) is 2.45. The van der Waals surface area contributed by atoms with Crippen molar-refractivity contribution in [2.24, 2.45) is 4.99 Å². The molecule has 0 saturated heterocycles. The van der Waals surface area contributed by atoms with E-state index in [1.54, 1.807) is 14.2 Å². The van der Waals surface area contributed by atoms with Crippen molar-refractivity contribution in [1.29, 1.82) is 0 Å². The van der Waals surface area contributed by atoms with E-state index in [-0.39, 0.29) is 0 Å². The third kappa shape index (κ3) is 3.75. The molecular weight excluding hydrogens is 377 g/mol. The molecular formula is C17H18INO2. The first-order valence-corrected chi connectivity index (χ1v) is 7.66. The van der Waals surface area contributed by atoms with E-state index in [4.69, 9.17) is 9.47 Å². The fourth-order valence-electron chi connectivity index (χ4n) is 2.11. The number of rotatable bonds is 4. The maximum atomic E-state index is 5.36. The quantitative estimate of drug-likeness (QED) is 0.556. The zero-order chi connectivity index (χ0) is 15.4. The molecule has 0 aromatic heterocycles. The Labute approximate surface area is 139 Å². The van der Waals surface area contributed by atoms with E-state index in [1.807, 2.05) is 24.4 Å². The zero-order valence-corrected chi connectivity index (χ0v) is 14.8. The fourth-order valence-corrected chi connectivity index (χ4v) is 2.95. The second kappa shape index (κ2) is 6.93. The lowest BCUT2D eigenvalue weighted by Gasteiger charge is -2.10. The maximum absolute atomic E-state index is 5.36. The summed E-state index contributed by atoms with van der Waals surface area (Å²) in [7, 11) is 3.28. The summed E-state index contributed by atoms with van der Waals surface area (Å²) in [5, 5.41) is 0. The fraction of sp³-hybridized carbons (Fsp3) is 0.235. The van der Waals surface area contributed by atoms with Crippen LogP contribution in [0, 0.1) is 17.4 Å². The van der Waals surface area contributed by atoms with E-state index < -0.39 is 0 Å². The third-order valence-electron chi connectivity index (χ3n) is 3.16. The van der Waals surface area contributed by atoms with Gasteiger partial charge in [0, 0.05) is 6.21 Å². The monoisotopic (exact) mass is 395 g/mol. The largest absolute Gasteiger partial charge is 0.493 e. The van der Waals surface area contributed by atoms with Crippen molar-refractivity contribution in [2.45, 2.75) is 13.8 Å². The van der Waals surface area contributed by atoms with Crippen molar-refractivity contribution in [2.75, 3.05) is 14.2 Å². The molecule has 0 spiro atoms. The van der Waals surface area contributed by atoms with Gasteiger partial charge >= 0.3 is 0 Å². The standard InChI is InChI=1S/C17H18INO2/c1-11-5-6-15(12(2)7-11)19-10-13-8-14(18)17(21-4)16(9-13)20-3/h5-10H,1-4H3. The average molecular weight is 395 g/mol. The van der Waals surface area contributed by atoms with Crippen LogP contribution in [0.2, 0.25) is 0 Å². The molecule has 2 rings (SSSR count). The summed E-state index contributed by atoms with van der Waals surface area (Å²) >= 11 is 2.23. The number of methoxy groups -OCH3 is 2. The van der Waals surface area contributed by atoms with Gasteiger partial charge in [0.1, 0.15) is 0 Å². The van der Waals surface area contributed by atoms with E-state index in [0.717, 1.165) is 20.6 Å². The Morgan fingerprint density at radius 3 is 2.43 bits per heavy atom. The maximum Gasteiger partial charge on any atom is 0.174 e. The molecule has 0 N–H and O–H groups in total. The van der Waals surface area contributed by atoms with Crippen LogP contribution in [-0.4, -0.2) is 20.4 Å². The number of hydrogen-bond donors (Lipinski definition) is 0. The highest BCUT2D eigenvalue weighted by molar-refractivity contribution is 14.1. The van der Waals surface area contributed by atoms with E-state index in [2.05, 4.69) is 53.6 Å². The van der Waals surface area contributed by atoms with Crippen molar-refractivity contribution >= 4 is 34.5 Å². The van der Waals surface area contributed by atoms with E-state index in [0.29, 0.717) is 5.75 Å². The first kappa shape index (κ1) is 15.8. The number of halogens is 1. The lowest BCUT2D eigenvalue weighted by atomic mass is 10.1. The molecule has 0 aliphatic carbocycles. The first-order chi connectivity index (χ1) is 10.0. The van der Waals surface area contributed by atoms with Gasteiger partial charge in [0.15, 0.2) is 11.5 Å². The molecule has 0 aliphatic rings. The Morgan fingerprint density at radius 1 is 1.05 bits per heavy atom. The summed E-state index contributed by atoms with van der Waals surface area (Å²) in [6.07, 6.45) is 1.85. The van der Waals surface area contributed by atoms with Gasteiger partial charge in [0.05, 0.1) is 23.5 Å². The minimum absolute atomic E-state index is 0.714. The minimum atomic E-state index is 0.714. The molecule has 0 unspecified atom stereocenters. The second-order valence-corrected chi connectivity index (χ2v) is 5.95. The summed E-state index contributed by atoms with van der Waals surface area (Å²) in [4.78, 5) is 4.56. The van der Waals surface area contributed by atoms with Crippen LogP contribution in [-0.2, 0) is 0 Å². The van der Waals surface area contributed by atoms with E-state index in [1.165, 1.54) is 11.1 Å². The molecule has 0 radical (unpaired) electrons. The molecule has 2 aromatic rings. The number of hydrogen-bond acceptors (Lipinski definition) is 3. The van der Waals surface area contributed by atoms with Crippen molar-refractivity contribution < 1.29 is 9.47 Å². The Hall–Kier alpha value is -1.56. The molecule has 0 saturated carbocycles. The summed E-state index contributed by atoms with van der Waals surface area (Å²) < 4.78 is 11.7. The van der Waals surface area contributed by atoms with Crippen LogP contribution in [0.1, 0.15) is 16.7 Å². The third-order valence-corrected chi connectivity index (χ3v) is 3.96. The van der Waals surface area contributed by atoms with Crippen molar-refractivity contribution in [3.63, 3.8) is 0 Å². The SMILES string of the molecule is COc1cc(C=Nc2ccc(C)cc2C)cc(I)c1OC. The number of aliphatic imine (C=N–C) groups is 1. The molecule has 2 aromatic carbocycles. The number of aryl methyl sites for hydroxylation is 2. The molecule has 21 heavy (non-hydrogen) atoms. The van der Waals surface area contributed by atoms with Gasteiger partial charge in [0.25, 0.3) is 0 Å². The molecule has 0 aliphatic heterocycles. The van der Waals surface area contributed by atoms with Crippen LogP contribution in [0.15, 0.2) is 35.3 Å². The Bertz CT molecular complexity index is 681. The molecule has 0 atom stereocenters. The number of nitrogens with zero attached hydrogens (tertiary/aromatic N) is 1. The number of ether oxygens (including phenoxy) is 2. The lowest BCUT2D eigenvalue weighted by Crippen LogP contribution is -1.95. The first-order valence-electron chi connectivity index (χ1n) is 6.58. The summed E-state index contributed by atoms with van der Waals surface area (Å²) in [5.74, 6) is 1.47. The van der Waals surface area contributed by atoms with Gasteiger partial charge in [-0.1, -0.05) is 17.7 Å². The molecule has 0 bridgehead atoms. The van der Waals surface area contributed by atoms with Crippen molar-refractivity contribution in [3.05, 3.63) is 50.6 Å². The Morgan fingerprint density at radius 2 is 1.81 bits per heavy atom. The van der Waals surface area contributed by atoms with Gasteiger partial charge in [-0.3, -0.25) is 4.99 Å². The normalized spacial score (nSPS) is 10.9. The van der Waals surface area contributed by atoms with E-state index >= 15 is 0 Å². The minimum Gasteiger partial charge on any atom is -0.493 e. The van der Waals surface area contributed by atoms with Gasteiger partial charge in [0.2, 0.25) is 0 Å². The summed E-state index contributed by atoms with van der Waals surface area (Å²) in [5.41, 5.74) is 4.37. The molecule has 0 amide bonds. The van der Waals surface area contributed by atoms with Crippen molar-refractivity contribution in [3.8, 4) is 11.5 Å².